The summed E-state index contributed by atoms with van der Waals surface area (Å²) in [5.74, 6) is -1.13. The molecular formula is C9H11N3O3S. The first-order chi connectivity index (χ1) is 7.52. The summed E-state index contributed by atoms with van der Waals surface area (Å²) in [6.45, 7) is -0.219. The SMILES string of the molecule is NC(=O)CN(CC(N)=O)c1ccc(C=O)s1. The van der Waals surface area contributed by atoms with Gasteiger partial charge in [0.15, 0.2) is 6.29 Å². The van der Waals surface area contributed by atoms with Gasteiger partial charge in [-0.15, -0.1) is 11.3 Å². The zero-order valence-electron chi connectivity index (χ0n) is 8.38. The third kappa shape index (κ3) is 3.35. The van der Waals surface area contributed by atoms with Crippen LogP contribution in [-0.4, -0.2) is 31.2 Å². The predicted molar refractivity (Wildman–Crippen MR) is 60.3 cm³/mol. The molecule has 0 aliphatic carbocycles. The number of thiophene rings is 1. The molecule has 1 heterocycles. The van der Waals surface area contributed by atoms with Crippen LogP contribution in [0.3, 0.4) is 0 Å². The number of hydrogen-bond donors (Lipinski definition) is 2. The lowest BCUT2D eigenvalue weighted by Gasteiger charge is -2.18. The molecule has 0 fully saturated rings. The molecule has 4 N–H and O–H groups in total. The Labute approximate surface area is 95.8 Å². The number of hydrogen-bond acceptors (Lipinski definition) is 5. The lowest BCUT2D eigenvalue weighted by atomic mass is 10.4. The number of anilines is 1. The topological polar surface area (TPSA) is 106 Å². The Bertz CT molecular complexity index is 400. The monoisotopic (exact) mass is 241 g/mol. The van der Waals surface area contributed by atoms with Crippen molar-refractivity contribution >= 4 is 34.4 Å². The molecule has 1 aromatic rings. The molecule has 6 nitrogen and oxygen atoms in total. The molecule has 0 aliphatic heterocycles. The number of aldehydes is 1. The van der Waals surface area contributed by atoms with Gasteiger partial charge >= 0.3 is 0 Å². The minimum absolute atomic E-state index is 0.109. The molecule has 0 bridgehead atoms. The van der Waals surface area contributed by atoms with Crippen LogP contribution in [0, 0.1) is 0 Å². The van der Waals surface area contributed by atoms with E-state index in [0.717, 1.165) is 0 Å². The van der Waals surface area contributed by atoms with Crippen LogP contribution in [0.2, 0.25) is 0 Å². The predicted octanol–water partition coefficient (Wildman–Crippen LogP) is -0.662. The Morgan fingerprint density at radius 2 is 1.81 bits per heavy atom. The molecule has 1 rings (SSSR count). The van der Waals surface area contributed by atoms with Crippen LogP contribution in [0.5, 0.6) is 0 Å². The quantitative estimate of drug-likeness (QED) is 0.644. The first-order valence-corrected chi connectivity index (χ1v) is 5.21. The van der Waals surface area contributed by atoms with E-state index in [9.17, 15) is 14.4 Å². The highest BCUT2D eigenvalue weighted by atomic mass is 32.1. The molecule has 16 heavy (non-hydrogen) atoms. The van der Waals surface area contributed by atoms with Crippen molar-refractivity contribution in [3.63, 3.8) is 0 Å². The van der Waals surface area contributed by atoms with E-state index < -0.39 is 11.8 Å². The number of rotatable bonds is 6. The highest BCUT2D eigenvalue weighted by Crippen LogP contribution is 2.24. The average Bonchev–Trinajstić information content (AvgIpc) is 2.63. The highest BCUT2D eigenvalue weighted by Gasteiger charge is 2.14. The summed E-state index contributed by atoms with van der Waals surface area (Å²) < 4.78 is 0. The van der Waals surface area contributed by atoms with E-state index in [1.54, 1.807) is 12.1 Å². The van der Waals surface area contributed by atoms with E-state index in [2.05, 4.69) is 0 Å². The Morgan fingerprint density at radius 1 is 1.25 bits per heavy atom. The molecular weight excluding hydrogens is 230 g/mol. The van der Waals surface area contributed by atoms with Crippen LogP contribution in [0.15, 0.2) is 12.1 Å². The van der Waals surface area contributed by atoms with Crippen molar-refractivity contribution in [1.82, 2.24) is 0 Å². The second kappa shape index (κ2) is 5.26. The molecule has 0 aromatic carbocycles. The zero-order chi connectivity index (χ0) is 12.1. The van der Waals surface area contributed by atoms with Gasteiger partial charge in [0.1, 0.15) is 0 Å². The van der Waals surface area contributed by atoms with Crippen LogP contribution >= 0.6 is 11.3 Å². The number of primary amides is 2. The fraction of sp³-hybridized carbons (Fsp3) is 0.222. The Hall–Kier alpha value is -1.89. The minimum atomic E-state index is -0.567. The molecule has 7 heteroatoms. The fourth-order valence-electron chi connectivity index (χ4n) is 1.16. The molecule has 0 spiro atoms. The van der Waals surface area contributed by atoms with E-state index in [-0.39, 0.29) is 13.1 Å². The van der Waals surface area contributed by atoms with Gasteiger partial charge in [-0.3, -0.25) is 14.4 Å². The number of nitrogens with zero attached hydrogens (tertiary/aromatic N) is 1. The number of carbonyl (C=O) groups excluding carboxylic acids is 3. The summed E-state index contributed by atoms with van der Waals surface area (Å²) in [4.78, 5) is 34.0. The average molecular weight is 241 g/mol. The summed E-state index contributed by atoms with van der Waals surface area (Å²) in [6.07, 6.45) is 0.695. The summed E-state index contributed by atoms with van der Waals surface area (Å²) >= 11 is 1.17. The van der Waals surface area contributed by atoms with Crippen molar-refractivity contribution in [1.29, 1.82) is 0 Å². The first-order valence-electron chi connectivity index (χ1n) is 4.39. The van der Waals surface area contributed by atoms with Crippen molar-refractivity contribution < 1.29 is 14.4 Å². The lowest BCUT2D eigenvalue weighted by molar-refractivity contribution is -0.117. The van der Waals surface area contributed by atoms with E-state index >= 15 is 0 Å². The van der Waals surface area contributed by atoms with Gasteiger partial charge in [-0.1, -0.05) is 0 Å². The molecule has 0 saturated heterocycles. The standard InChI is InChI=1S/C9H11N3O3S/c10-7(14)3-12(4-8(11)15)9-2-1-6(5-13)16-9/h1-2,5H,3-4H2,(H2,10,14)(H2,11,15). The smallest absolute Gasteiger partial charge is 0.236 e. The van der Waals surface area contributed by atoms with E-state index in [4.69, 9.17) is 11.5 Å². The van der Waals surface area contributed by atoms with Crippen molar-refractivity contribution in [2.24, 2.45) is 11.5 Å². The van der Waals surface area contributed by atoms with Crippen LogP contribution in [-0.2, 0) is 9.59 Å². The van der Waals surface area contributed by atoms with Crippen molar-refractivity contribution in [3.8, 4) is 0 Å². The third-order valence-electron chi connectivity index (χ3n) is 1.73. The van der Waals surface area contributed by atoms with Gasteiger partial charge in [-0.25, -0.2) is 0 Å². The summed E-state index contributed by atoms with van der Waals surface area (Å²) in [7, 11) is 0. The molecule has 0 atom stereocenters. The number of nitrogens with two attached hydrogens (primary N) is 2. The molecule has 0 saturated carbocycles. The molecule has 0 aliphatic rings. The van der Waals surface area contributed by atoms with Gasteiger partial charge < -0.3 is 16.4 Å². The molecule has 86 valence electrons. The Balaban J connectivity index is 2.85. The minimum Gasteiger partial charge on any atom is -0.368 e. The van der Waals surface area contributed by atoms with Crippen LogP contribution < -0.4 is 16.4 Å². The van der Waals surface area contributed by atoms with E-state index in [0.29, 0.717) is 16.2 Å². The normalized spacial score (nSPS) is 9.75. The number of carbonyl (C=O) groups is 3. The molecule has 0 radical (unpaired) electrons. The maximum absolute atomic E-state index is 10.8. The summed E-state index contributed by atoms with van der Waals surface area (Å²) in [6, 6.07) is 3.24. The van der Waals surface area contributed by atoms with Gasteiger partial charge in [0.05, 0.1) is 23.0 Å². The van der Waals surface area contributed by atoms with Crippen molar-refractivity contribution in [2.45, 2.75) is 0 Å². The Kier molecular flexibility index (Phi) is 4.01. The van der Waals surface area contributed by atoms with Crippen molar-refractivity contribution in [2.75, 3.05) is 18.0 Å². The van der Waals surface area contributed by atoms with Gasteiger partial charge in [-0.2, -0.15) is 0 Å². The van der Waals surface area contributed by atoms with E-state index in [1.807, 2.05) is 0 Å². The second-order valence-electron chi connectivity index (χ2n) is 3.08. The van der Waals surface area contributed by atoms with Crippen molar-refractivity contribution in [3.05, 3.63) is 17.0 Å². The molecule has 1 aromatic heterocycles. The van der Waals surface area contributed by atoms with Crippen LogP contribution in [0.4, 0.5) is 5.00 Å². The first kappa shape index (κ1) is 12.2. The van der Waals surface area contributed by atoms with Gasteiger partial charge in [0.2, 0.25) is 11.8 Å². The van der Waals surface area contributed by atoms with Crippen LogP contribution in [0.1, 0.15) is 9.67 Å². The highest BCUT2D eigenvalue weighted by molar-refractivity contribution is 7.17. The fourth-order valence-corrected chi connectivity index (χ4v) is 1.98. The second-order valence-corrected chi connectivity index (χ2v) is 4.18. The Morgan fingerprint density at radius 3 is 2.19 bits per heavy atom. The largest absolute Gasteiger partial charge is 0.368 e. The zero-order valence-corrected chi connectivity index (χ0v) is 9.20. The van der Waals surface area contributed by atoms with Gasteiger partial charge in [-0.05, 0) is 12.1 Å². The van der Waals surface area contributed by atoms with E-state index in [1.165, 1.54) is 16.2 Å². The molecule has 2 amide bonds. The lowest BCUT2D eigenvalue weighted by Crippen LogP contribution is -2.39. The molecule has 0 unspecified atom stereocenters. The summed E-state index contributed by atoms with van der Waals surface area (Å²) in [5, 5.41) is 0.611. The maximum atomic E-state index is 10.8. The number of amides is 2. The third-order valence-corrected chi connectivity index (χ3v) is 2.81. The van der Waals surface area contributed by atoms with Crippen LogP contribution in [0.25, 0.3) is 0 Å². The van der Waals surface area contributed by atoms with Gasteiger partial charge in [0.25, 0.3) is 0 Å². The summed E-state index contributed by atoms with van der Waals surface area (Å²) in [5.41, 5.74) is 10.1. The van der Waals surface area contributed by atoms with Gasteiger partial charge in [0, 0.05) is 0 Å². The maximum Gasteiger partial charge on any atom is 0.236 e.